The minimum Gasteiger partial charge on any atom is -0.477 e. The Bertz CT molecular complexity index is 1500. The van der Waals surface area contributed by atoms with Gasteiger partial charge >= 0.3 is 5.97 Å². The van der Waals surface area contributed by atoms with Crippen LogP contribution in [0.4, 0.5) is 0 Å². The molecule has 5 rings (SSSR count). The molecule has 16 heteroatoms. The zero-order valence-corrected chi connectivity index (χ0v) is 24.1. The number of β-lactam (4-membered cyclic amide) rings is 1. The third kappa shape index (κ3) is 5.54. The molecule has 2 aliphatic rings. The SMILES string of the molecule is CCO/N=C(\C(=O)N[C@@H]1C(=O)N2C(C(=O)O)=C(Sc3nc(-c4cc[n+](C)cc4)cs3)CSC12)c1nsc(C)n1. The van der Waals surface area contributed by atoms with Crippen molar-refractivity contribution in [3.8, 4) is 11.3 Å². The summed E-state index contributed by atoms with van der Waals surface area (Å²) in [5.41, 5.74) is 1.50. The number of hydrogen-bond donors (Lipinski definition) is 2. The largest absolute Gasteiger partial charge is 0.477 e. The lowest BCUT2D eigenvalue weighted by Gasteiger charge is -2.49. The van der Waals surface area contributed by atoms with E-state index in [1.54, 1.807) is 13.8 Å². The highest BCUT2D eigenvalue weighted by Gasteiger charge is 2.54. The summed E-state index contributed by atoms with van der Waals surface area (Å²) >= 11 is 5.13. The Labute approximate surface area is 239 Å². The summed E-state index contributed by atoms with van der Waals surface area (Å²) in [6, 6.07) is 2.98. The second-order valence-electron chi connectivity index (χ2n) is 8.29. The van der Waals surface area contributed by atoms with E-state index in [1.165, 1.54) is 39.8 Å². The van der Waals surface area contributed by atoms with Crippen LogP contribution in [-0.2, 0) is 26.3 Å². The molecule has 12 nitrogen and oxygen atoms in total. The molecule has 3 aromatic rings. The lowest BCUT2D eigenvalue weighted by atomic mass is 10.0. The van der Waals surface area contributed by atoms with Gasteiger partial charge in [0.2, 0.25) is 11.5 Å². The Balaban J connectivity index is 1.32. The van der Waals surface area contributed by atoms with Crippen LogP contribution >= 0.6 is 46.4 Å². The zero-order valence-electron chi connectivity index (χ0n) is 20.9. The van der Waals surface area contributed by atoms with Gasteiger partial charge in [0.1, 0.15) is 35.8 Å². The van der Waals surface area contributed by atoms with E-state index in [0.29, 0.717) is 20.0 Å². The summed E-state index contributed by atoms with van der Waals surface area (Å²) in [5.74, 6) is -1.97. The summed E-state index contributed by atoms with van der Waals surface area (Å²) in [4.78, 5) is 54.0. The summed E-state index contributed by atoms with van der Waals surface area (Å²) in [7, 11) is 1.93. The molecular weight excluding hydrogens is 583 g/mol. The number of carbonyl (C=O) groups excluding carboxylic acids is 2. The van der Waals surface area contributed by atoms with Crippen molar-refractivity contribution < 1.29 is 28.9 Å². The number of thioether (sulfide) groups is 2. The van der Waals surface area contributed by atoms with Gasteiger partial charge in [-0.05, 0) is 25.4 Å². The van der Waals surface area contributed by atoms with E-state index < -0.39 is 29.2 Å². The standard InChI is InChI=1S/C23H21N7O5S4/c1-4-35-27-15(18-24-11(2)39-28-18)19(31)26-16-20(32)30-17(22(33)34)14(10-36-21(16)30)38-23-25-13(9-37-23)12-5-7-29(3)8-6-12/h5-9,16,21H,4,10H2,1-3H3,(H-,26,31,33,34)/p+1/b27-15-/t16-,21?/m1/s1. The first kappa shape index (κ1) is 27.2. The highest BCUT2D eigenvalue weighted by Crippen LogP contribution is 2.46. The number of carbonyl (C=O) groups is 3. The van der Waals surface area contributed by atoms with Crippen LogP contribution in [0, 0.1) is 6.92 Å². The van der Waals surface area contributed by atoms with E-state index >= 15 is 0 Å². The molecule has 0 spiro atoms. The molecule has 5 heterocycles. The van der Waals surface area contributed by atoms with Gasteiger partial charge in [0.05, 0.1) is 5.69 Å². The first-order chi connectivity index (χ1) is 18.8. The molecule has 2 atom stereocenters. The lowest BCUT2D eigenvalue weighted by Crippen LogP contribution is -2.71. The first-order valence-electron chi connectivity index (χ1n) is 11.6. The van der Waals surface area contributed by atoms with E-state index in [2.05, 4.69) is 24.8 Å². The number of aromatic nitrogens is 4. The number of carboxylic acid groups (broad SMARTS) is 1. The number of fused-ring (bicyclic) bond motifs is 1. The van der Waals surface area contributed by atoms with Crippen molar-refractivity contribution in [2.45, 2.75) is 29.6 Å². The van der Waals surface area contributed by atoms with Gasteiger partial charge in [0.25, 0.3) is 11.8 Å². The van der Waals surface area contributed by atoms with Gasteiger partial charge in [-0.15, -0.1) is 23.1 Å². The number of thiazole rings is 1. The minimum absolute atomic E-state index is 0.0947. The number of nitrogens with one attached hydrogen (secondary N) is 1. The van der Waals surface area contributed by atoms with Crippen LogP contribution in [0.15, 0.2) is 50.0 Å². The highest BCUT2D eigenvalue weighted by molar-refractivity contribution is 8.07. The fourth-order valence-electron chi connectivity index (χ4n) is 3.80. The number of rotatable bonds is 9. The van der Waals surface area contributed by atoms with Crippen molar-refractivity contribution >= 4 is 69.9 Å². The van der Waals surface area contributed by atoms with E-state index in [-0.39, 0.29) is 23.8 Å². The molecule has 2 N–H and O–H groups in total. The van der Waals surface area contributed by atoms with Gasteiger partial charge in [-0.2, -0.15) is 4.37 Å². The molecule has 1 fully saturated rings. The van der Waals surface area contributed by atoms with Crippen LogP contribution in [-0.4, -0.2) is 71.6 Å². The van der Waals surface area contributed by atoms with Gasteiger partial charge < -0.3 is 15.3 Å². The molecule has 0 aliphatic carbocycles. The number of aryl methyl sites for hydroxylation is 2. The molecule has 0 saturated carbocycles. The van der Waals surface area contributed by atoms with Crippen molar-refractivity contribution in [3.05, 3.63) is 51.3 Å². The minimum atomic E-state index is -1.21. The molecule has 2 aliphatic heterocycles. The van der Waals surface area contributed by atoms with Gasteiger partial charge in [-0.1, -0.05) is 16.9 Å². The van der Waals surface area contributed by atoms with Crippen molar-refractivity contribution in [2.24, 2.45) is 12.2 Å². The van der Waals surface area contributed by atoms with Crippen molar-refractivity contribution in [1.82, 2.24) is 24.6 Å². The number of nitrogens with zero attached hydrogens (tertiary/aromatic N) is 6. The second-order valence-corrected chi connectivity index (χ2v) is 12.5. The number of hydrogen-bond acceptors (Lipinski definition) is 12. The third-order valence-corrected chi connectivity index (χ3v) is 9.73. The summed E-state index contributed by atoms with van der Waals surface area (Å²) in [6.07, 6.45) is 3.85. The molecule has 0 radical (unpaired) electrons. The monoisotopic (exact) mass is 604 g/mol. The number of amides is 2. The van der Waals surface area contributed by atoms with Gasteiger partial charge in [0, 0.05) is 33.7 Å². The van der Waals surface area contributed by atoms with E-state index in [4.69, 9.17) is 4.84 Å². The van der Waals surface area contributed by atoms with E-state index in [1.807, 2.05) is 41.5 Å². The van der Waals surface area contributed by atoms with Gasteiger partial charge in [-0.3, -0.25) is 14.5 Å². The molecular formula is C23H22N7O5S4+. The number of carboxylic acids is 1. The molecule has 0 aromatic carbocycles. The smallest absolute Gasteiger partial charge is 0.353 e. The van der Waals surface area contributed by atoms with E-state index in [0.717, 1.165) is 22.8 Å². The fourth-order valence-corrected chi connectivity index (χ4v) is 7.74. The van der Waals surface area contributed by atoms with Crippen molar-refractivity contribution in [1.29, 1.82) is 0 Å². The molecule has 39 heavy (non-hydrogen) atoms. The van der Waals surface area contributed by atoms with Crippen LogP contribution in [0.25, 0.3) is 11.3 Å². The van der Waals surface area contributed by atoms with Crippen molar-refractivity contribution in [2.75, 3.05) is 12.4 Å². The number of oxime groups is 1. The maximum absolute atomic E-state index is 13.1. The second kappa shape index (κ2) is 11.4. The number of aliphatic carboxylic acids is 1. The number of pyridine rings is 1. The molecule has 2 amide bonds. The quantitative estimate of drug-likeness (QED) is 0.161. The maximum atomic E-state index is 13.1. The average Bonchev–Trinajstić information content (AvgIpc) is 3.56. The predicted octanol–water partition coefficient (Wildman–Crippen LogP) is 2.02. The van der Waals surface area contributed by atoms with Crippen LogP contribution < -0.4 is 9.88 Å². The summed E-state index contributed by atoms with van der Waals surface area (Å²) in [6.45, 7) is 3.69. The van der Waals surface area contributed by atoms with Crippen LogP contribution in [0.5, 0.6) is 0 Å². The Morgan fingerprint density at radius 2 is 2.10 bits per heavy atom. The average molecular weight is 605 g/mol. The molecule has 1 unspecified atom stereocenters. The van der Waals surface area contributed by atoms with Crippen LogP contribution in [0.2, 0.25) is 0 Å². The Morgan fingerprint density at radius 3 is 2.77 bits per heavy atom. The maximum Gasteiger partial charge on any atom is 0.353 e. The first-order valence-corrected chi connectivity index (χ1v) is 15.1. The predicted molar refractivity (Wildman–Crippen MR) is 147 cm³/mol. The molecule has 0 bridgehead atoms. The van der Waals surface area contributed by atoms with Crippen LogP contribution in [0.1, 0.15) is 17.8 Å². The molecule has 1 saturated heterocycles. The summed E-state index contributed by atoms with van der Waals surface area (Å²) < 4.78 is 6.71. The topological polar surface area (TPSA) is 151 Å². The third-order valence-electron chi connectivity index (χ3n) is 5.63. The van der Waals surface area contributed by atoms with Crippen molar-refractivity contribution in [3.63, 3.8) is 0 Å². The Hall–Kier alpha value is -3.34. The van der Waals surface area contributed by atoms with Crippen LogP contribution in [0.3, 0.4) is 0 Å². The molecule has 202 valence electrons. The summed E-state index contributed by atoms with van der Waals surface area (Å²) in [5, 5.41) is 18.5. The highest BCUT2D eigenvalue weighted by atomic mass is 32.2. The Morgan fingerprint density at radius 1 is 1.33 bits per heavy atom. The Kier molecular flexibility index (Phi) is 7.97. The van der Waals surface area contributed by atoms with Gasteiger partial charge in [-0.25, -0.2) is 19.3 Å². The zero-order chi connectivity index (χ0) is 27.7. The van der Waals surface area contributed by atoms with Gasteiger partial charge in [0.15, 0.2) is 16.7 Å². The molecule has 3 aromatic heterocycles. The lowest BCUT2D eigenvalue weighted by molar-refractivity contribution is -0.671. The normalized spacial score (nSPS) is 19.0. The van der Waals surface area contributed by atoms with E-state index in [9.17, 15) is 19.5 Å². The fraction of sp³-hybridized carbons (Fsp3) is 0.304.